The molecule has 0 aliphatic carbocycles. The smallest absolute Gasteiger partial charge is 0.253 e. The lowest BCUT2D eigenvalue weighted by Crippen LogP contribution is -2.37. The number of likely N-dealkylation sites (tertiary alicyclic amines) is 2. The van der Waals surface area contributed by atoms with Gasteiger partial charge in [-0.05, 0) is 68.1 Å². The van der Waals surface area contributed by atoms with E-state index in [2.05, 4.69) is 52.5 Å². The number of H-pyrrole nitrogens is 1. The summed E-state index contributed by atoms with van der Waals surface area (Å²) >= 11 is 0. The highest BCUT2D eigenvalue weighted by atomic mass is 16.2. The standard InChI is InChI=1S/C24H27N3O/c28-24(27-14-11-21(17-27)26-12-3-4-13-26)19-9-7-18(8-10-19)15-20-16-25-23-6-2-1-5-22(20)23/h1-2,5-10,16,21,25H,3-4,11-15,17H2. The molecule has 2 fully saturated rings. The summed E-state index contributed by atoms with van der Waals surface area (Å²) in [7, 11) is 0. The van der Waals surface area contributed by atoms with Gasteiger partial charge in [-0.1, -0.05) is 30.3 Å². The molecule has 144 valence electrons. The number of hydrogen-bond acceptors (Lipinski definition) is 2. The molecule has 28 heavy (non-hydrogen) atoms. The molecule has 1 atom stereocenters. The van der Waals surface area contributed by atoms with Gasteiger partial charge in [-0.2, -0.15) is 0 Å². The van der Waals surface area contributed by atoms with E-state index in [0.717, 1.165) is 31.5 Å². The van der Waals surface area contributed by atoms with E-state index in [1.807, 2.05) is 17.0 Å². The normalized spacial score (nSPS) is 20.3. The van der Waals surface area contributed by atoms with Crippen molar-refractivity contribution >= 4 is 16.8 Å². The van der Waals surface area contributed by atoms with Gasteiger partial charge in [0.2, 0.25) is 0 Å². The van der Waals surface area contributed by atoms with Crippen molar-refractivity contribution in [1.82, 2.24) is 14.8 Å². The Morgan fingerprint density at radius 3 is 2.61 bits per heavy atom. The summed E-state index contributed by atoms with van der Waals surface area (Å²) in [4.78, 5) is 20.9. The zero-order valence-electron chi connectivity index (χ0n) is 16.2. The van der Waals surface area contributed by atoms with Crippen LogP contribution in [0.1, 0.15) is 40.7 Å². The van der Waals surface area contributed by atoms with Crippen molar-refractivity contribution < 1.29 is 4.79 Å². The number of carbonyl (C=O) groups excluding carboxylic acids is 1. The minimum Gasteiger partial charge on any atom is -0.361 e. The van der Waals surface area contributed by atoms with Crippen LogP contribution >= 0.6 is 0 Å². The van der Waals surface area contributed by atoms with Crippen molar-refractivity contribution in [2.24, 2.45) is 0 Å². The van der Waals surface area contributed by atoms with E-state index in [-0.39, 0.29) is 5.91 Å². The molecule has 4 nitrogen and oxygen atoms in total. The van der Waals surface area contributed by atoms with E-state index in [9.17, 15) is 4.79 Å². The van der Waals surface area contributed by atoms with Gasteiger partial charge in [0, 0.05) is 41.8 Å². The van der Waals surface area contributed by atoms with Gasteiger partial charge in [0.15, 0.2) is 0 Å². The van der Waals surface area contributed by atoms with E-state index < -0.39 is 0 Å². The molecule has 0 spiro atoms. The van der Waals surface area contributed by atoms with Crippen LogP contribution in [0, 0.1) is 0 Å². The third-order valence-corrected chi connectivity index (χ3v) is 6.38. The number of rotatable bonds is 4. The molecular formula is C24H27N3O. The predicted molar refractivity (Wildman–Crippen MR) is 113 cm³/mol. The molecule has 0 radical (unpaired) electrons. The summed E-state index contributed by atoms with van der Waals surface area (Å²) in [6, 6.07) is 17.1. The van der Waals surface area contributed by atoms with E-state index in [1.54, 1.807) is 0 Å². The van der Waals surface area contributed by atoms with Gasteiger partial charge in [-0.25, -0.2) is 0 Å². The quantitative estimate of drug-likeness (QED) is 0.749. The van der Waals surface area contributed by atoms with E-state index in [0.29, 0.717) is 6.04 Å². The van der Waals surface area contributed by atoms with Gasteiger partial charge in [0.1, 0.15) is 0 Å². The molecule has 4 heteroatoms. The van der Waals surface area contributed by atoms with Gasteiger partial charge < -0.3 is 9.88 Å². The van der Waals surface area contributed by atoms with Crippen molar-refractivity contribution in [3.8, 4) is 0 Å². The van der Waals surface area contributed by atoms with Gasteiger partial charge in [-0.15, -0.1) is 0 Å². The van der Waals surface area contributed by atoms with Crippen LogP contribution in [0.15, 0.2) is 54.7 Å². The molecule has 0 bridgehead atoms. The first-order valence-electron chi connectivity index (χ1n) is 10.5. The lowest BCUT2D eigenvalue weighted by atomic mass is 10.0. The van der Waals surface area contributed by atoms with Crippen molar-refractivity contribution in [2.45, 2.75) is 31.7 Å². The van der Waals surface area contributed by atoms with Crippen molar-refractivity contribution in [2.75, 3.05) is 26.2 Å². The number of carbonyl (C=O) groups is 1. The minimum atomic E-state index is 0.181. The SMILES string of the molecule is O=C(c1ccc(Cc2c[nH]c3ccccc23)cc1)N1CCC(N2CCCC2)C1. The summed E-state index contributed by atoms with van der Waals surface area (Å²) in [5, 5.41) is 1.27. The van der Waals surface area contributed by atoms with Crippen LogP contribution in [0.4, 0.5) is 0 Å². The van der Waals surface area contributed by atoms with Crippen LogP contribution in [0.25, 0.3) is 10.9 Å². The second-order valence-electron chi connectivity index (χ2n) is 8.17. The number of amides is 1. The zero-order valence-corrected chi connectivity index (χ0v) is 16.2. The third-order valence-electron chi connectivity index (χ3n) is 6.38. The monoisotopic (exact) mass is 373 g/mol. The van der Waals surface area contributed by atoms with Crippen molar-refractivity contribution in [3.05, 3.63) is 71.4 Å². The van der Waals surface area contributed by atoms with Gasteiger partial charge in [0.25, 0.3) is 5.91 Å². The number of benzene rings is 2. The minimum absolute atomic E-state index is 0.181. The van der Waals surface area contributed by atoms with Crippen molar-refractivity contribution in [1.29, 1.82) is 0 Å². The maximum atomic E-state index is 12.9. The molecule has 1 amide bonds. The molecule has 3 heterocycles. The number of nitrogens with one attached hydrogen (secondary N) is 1. The van der Waals surface area contributed by atoms with Gasteiger partial charge in [0.05, 0.1) is 0 Å². The summed E-state index contributed by atoms with van der Waals surface area (Å²) in [5.74, 6) is 0.181. The summed E-state index contributed by atoms with van der Waals surface area (Å²) in [6.45, 7) is 4.18. The molecule has 2 saturated heterocycles. The van der Waals surface area contributed by atoms with Gasteiger partial charge in [-0.3, -0.25) is 9.69 Å². The molecule has 1 aromatic heterocycles. The predicted octanol–water partition coefficient (Wildman–Crippen LogP) is 4.07. The molecule has 2 aliphatic heterocycles. The highest BCUT2D eigenvalue weighted by Crippen LogP contribution is 2.23. The summed E-state index contributed by atoms with van der Waals surface area (Å²) < 4.78 is 0. The van der Waals surface area contributed by atoms with Crippen LogP contribution in [0.2, 0.25) is 0 Å². The van der Waals surface area contributed by atoms with Crippen LogP contribution < -0.4 is 0 Å². The van der Waals surface area contributed by atoms with Crippen LogP contribution in [0.5, 0.6) is 0 Å². The number of hydrogen-bond donors (Lipinski definition) is 1. The van der Waals surface area contributed by atoms with Crippen LogP contribution in [0.3, 0.4) is 0 Å². The second-order valence-corrected chi connectivity index (χ2v) is 8.17. The fourth-order valence-electron chi connectivity index (χ4n) is 4.78. The number of nitrogens with zero attached hydrogens (tertiary/aromatic N) is 2. The Bertz CT molecular complexity index is 969. The Kier molecular flexibility index (Phi) is 4.65. The molecule has 1 N–H and O–H groups in total. The highest BCUT2D eigenvalue weighted by molar-refractivity contribution is 5.94. The average Bonchev–Trinajstić information content (AvgIpc) is 3.49. The maximum absolute atomic E-state index is 12.9. The number of fused-ring (bicyclic) bond motifs is 1. The first-order valence-corrected chi connectivity index (χ1v) is 10.5. The largest absolute Gasteiger partial charge is 0.361 e. The first kappa shape index (κ1) is 17.5. The lowest BCUT2D eigenvalue weighted by molar-refractivity contribution is 0.0780. The summed E-state index contributed by atoms with van der Waals surface area (Å²) in [6.07, 6.45) is 6.70. The molecule has 2 aliphatic rings. The van der Waals surface area contributed by atoms with Crippen molar-refractivity contribution in [3.63, 3.8) is 0 Å². The van der Waals surface area contributed by atoms with Gasteiger partial charge >= 0.3 is 0 Å². The molecule has 1 unspecified atom stereocenters. The number of aromatic nitrogens is 1. The molecule has 5 rings (SSSR count). The van der Waals surface area contributed by atoms with Crippen LogP contribution in [-0.4, -0.2) is 52.9 Å². The van der Waals surface area contributed by atoms with Crippen LogP contribution in [-0.2, 0) is 6.42 Å². The number of para-hydroxylation sites is 1. The Balaban J connectivity index is 1.25. The first-order chi connectivity index (χ1) is 13.8. The lowest BCUT2D eigenvalue weighted by Gasteiger charge is -2.23. The zero-order chi connectivity index (χ0) is 18.9. The second kappa shape index (κ2) is 7.44. The topological polar surface area (TPSA) is 39.3 Å². The fraction of sp³-hybridized carbons (Fsp3) is 0.375. The maximum Gasteiger partial charge on any atom is 0.253 e. The van der Waals surface area contributed by atoms with E-state index >= 15 is 0 Å². The Morgan fingerprint density at radius 2 is 1.79 bits per heavy atom. The molecule has 0 saturated carbocycles. The average molecular weight is 374 g/mol. The number of aromatic amines is 1. The highest BCUT2D eigenvalue weighted by Gasteiger charge is 2.31. The van der Waals surface area contributed by atoms with E-state index in [4.69, 9.17) is 0 Å². The Morgan fingerprint density at radius 1 is 1.00 bits per heavy atom. The molecule has 3 aromatic rings. The third kappa shape index (κ3) is 3.33. The Labute approximate surface area is 166 Å². The molecule has 2 aromatic carbocycles. The Hall–Kier alpha value is -2.59. The molecular weight excluding hydrogens is 346 g/mol. The summed E-state index contributed by atoms with van der Waals surface area (Å²) in [5.41, 5.74) is 4.51. The van der Waals surface area contributed by atoms with E-state index in [1.165, 1.54) is 48.0 Å². The fourth-order valence-corrected chi connectivity index (χ4v) is 4.78.